The Labute approximate surface area is 146 Å². The van der Waals surface area contributed by atoms with Crippen LogP contribution in [0.2, 0.25) is 0 Å². The Balaban J connectivity index is 2.11. The highest BCUT2D eigenvalue weighted by Crippen LogP contribution is 2.28. The smallest absolute Gasteiger partial charge is 0.198 e. The van der Waals surface area contributed by atoms with Crippen molar-refractivity contribution in [2.24, 2.45) is 0 Å². The number of aliphatic hydroxyl groups is 1. The molecular formula is C18H25INO2+. The summed E-state index contributed by atoms with van der Waals surface area (Å²) in [5, 5.41) is 12.9. The number of likely N-dealkylation sites (N-methyl/N-ethyl adjacent to an activating group) is 1. The monoisotopic (exact) mass is 414 g/mol. The van der Waals surface area contributed by atoms with Gasteiger partial charge in [-0.15, -0.1) is 0 Å². The molecule has 0 heterocycles. The van der Waals surface area contributed by atoms with Crippen molar-refractivity contribution in [3.8, 4) is 5.75 Å². The number of hydrogen-bond donors (Lipinski definition) is 1. The van der Waals surface area contributed by atoms with Crippen molar-refractivity contribution in [1.82, 2.24) is 0 Å². The molecule has 2 rings (SSSR count). The predicted molar refractivity (Wildman–Crippen MR) is 101 cm³/mol. The Morgan fingerprint density at radius 2 is 1.77 bits per heavy atom. The van der Waals surface area contributed by atoms with Crippen LogP contribution in [0.15, 0.2) is 42.5 Å². The maximum absolute atomic E-state index is 10.7. The van der Waals surface area contributed by atoms with Gasteiger partial charge in [-0.3, -0.25) is 0 Å². The van der Waals surface area contributed by atoms with E-state index in [9.17, 15) is 5.11 Å². The number of alkyl halides is 1. The van der Waals surface area contributed by atoms with E-state index in [0.717, 1.165) is 21.0 Å². The molecule has 0 aliphatic carbocycles. The van der Waals surface area contributed by atoms with Crippen molar-refractivity contribution >= 4 is 33.4 Å². The van der Waals surface area contributed by atoms with Gasteiger partial charge >= 0.3 is 0 Å². The van der Waals surface area contributed by atoms with E-state index < -0.39 is 3.61 Å². The van der Waals surface area contributed by atoms with Gasteiger partial charge in [-0.2, -0.15) is 0 Å². The number of quaternary nitrogens is 1. The summed E-state index contributed by atoms with van der Waals surface area (Å²) in [5.74, 6) is 0.822. The van der Waals surface area contributed by atoms with Crippen LogP contribution in [0.5, 0.6) is 5.75 Å². The Morgan fingerprint density at radius 1 is 1.14 bits per heavy atom. The average Bonchev–Trinajstić information content (AvgIpc) is 2.44. The van der Waals surface area contributed by atoms with E-state index >= 15 is 0 Å². The molecule has 2 aromatic rings. The van der Waals surface area contributed by atoms with Gasteiger partial charge in [0.05, 0.1) is 20.1 Å². The molecule has 0 amide bonds. The van der Waals surface area contributed by atoms with E-state index in [1.165, 1.54) is 0 Å². The molecule has 0 radical (unpaired) electrons. The second-order valence-electron chi connectivity index (χ2n) is 6.71. The third kappa shape index (κ3) is 4.33. The highest BCUT2D eigenvalue weighted by Gasteiger charge is 2.35. The van der Waals surface area contributed by atoms with Gasteiger partial charge in [-0.1, -0.05) is 36.4 Å². The summed E-state index contributed by atoms with van der Waals surface area (Å²) < 4.78 is 5.79. The van der Waals surface area contributed by atoms with E-state index in [1.807, 2.05) is 30.3 Å². The van der Waals surface area contributed by atoms with E-state index in [1.54, 1.807) is 0 Å². The molecule has 0 saturated carbocycles. The SMILES string of the molecule is CC(C)[N+](C)(C)CC(O)(I)COc1cccc2ccccc12. The largest absolute Gasteiger partial charge is 0.489 e. The van der Waals surface area contributed by atoms with Gasteiger partial charge in [0.1, 0.15) is 18.9 Å². The van der Waals surface area contributed by atoms with Crippen LogP contribution in [0.3, 0.4) is 0 Å². The lowest BCUT2D eigenvalue weighted by atomic mass is 10.1. The quantitative estimate of drug-likeness (QED) is 0.443. The minimum Gasteiger partial charge on any atom is -0.489 e. The molecule has 0 saturated heterocycles. The molecule has 0 spiro atoms. The lowest BCUT2D eigenvalue weighted by Gasteiger charge is -2.38. The van der Waals surface area contributed by atoms with Gasteiger partial charge in [0.2, 0.25) is 0 Å². The van der Waals surface area contributed by atoms with Crippen molar-refractivity contribution in [2.45, 2.75) is 23.5 Å². The third-order valence-corrected chi connectivity index (χ3v) is 4.90. The number of fused-ring (bicyclic) bond motifs is 1. The van der Waals surface area contributed by atoms with Gasteiger partial charge in [0.25, 0.3) is 0 Å². The summed E-state index contributed by atoms with van der Waals surface area (Å²) in [6, 6.07) is 14.6. The maximum Gasteiger partial charge on any atom is 0.198 e. The van der Waals surface area contributed by atoms with Gasteiger partial charge in [-0.05, 0) is 47.9 Å². The second kappa shape index (κ2) is 6.72. The summed E-state index contributed by atoms with van der Waals surface area (Å²) in [6.07, 6.45) is 0. The molecule has 1 unspecified atom stereocenters. The number of benzene rings is 2. The third-order valence-electron chi connectivity index (χ3n) is 4.25. The molecule has 0 aliphatic heterocycles. The molecule has 0 fully saturated rings. The highest BCUT2D eigenvalue weighted by atomic mass is 127. The van der Waals surface area contributed by atoms with Crippen molar-refractivity contribution in [3.05, 3.63) is 42.5 Å². The predicted octanol–water partition coefficient (Wildman–Crippen LogP) is 3.83. The van der Waals surface area contributed by atoms with Crippen LogP contribution in [-0.4, -0.2) is 46.5 Å². The van der Waals surface area contributed by atoms with Crippen molar-refractivity contribution in [3.63, 3.8) is 0 Å². The van der Waals surface area contributed by atoms with Gasteiger partial charge in [0.15, 0.2) is 3.61 Å². The first kappa shape index (κ1) is 17.5. The minimum atomic E-state index is -0.900. The van der Waals surface area contributed by atoms with Crippen LogP contribution in [-0.2, 0) is 0 Å². The molecule has 0 aromatic heterocycles. The Kier molecular flexibility index (Phi) is 5.35. The Bertz CT molecular complexity index is 633. The molecule has 22 heavy (non-hydrogen) atoms. The first-order chi connectivity index (χ1) is 10.2. The summed E-state index contributed by atoms with van der Waals surface area (Å²) in [7, 11) is 4.26. The zero-order chi connectivity index (χ0) is 16.4. The Hall–Kier alpha value is -0.850. The minimum absolute atomic E-state index is 0.274. The number of nitrogens with zero attached hydrogens (tertiary/aromatic N) is 1. The van der Waals surface area contributed by atoms with Crippen LogP contribution >= 0.6 is 22.6 Å². The van der Waals surface area contributed by atoms with Crippen LogP contribution in [0.4, 0.5) is 0 Å². The van der Waals surface area contributed by atoms with Crippen molar-refractivity contribution in [1.29, 1.82) is 0 Å². The first-order valence-corrected chi connectivity index (χ1v) is 8.64. The highest BCUT2D eigenvalue weighted by molar-refractivity contribution is 14.1. The molecule has 1 atom stereocenters. The number of ether oxygens (including phenoxy) is 1. The van der Waals surface area contributed by atoms with E-state index in [-0.39, 0.29) is 6.61 Å². The maximum atomic E-state index is 10.7. The van der Waals surface area contributed by atoms with Crippen molar-refractivity contribution < 1.29 is 14.3 Å². The van der Waals surface area contributed by atoms with Gasteiger partial charge in [-0.25, -0.2) is 0 Å². The molecular weight excluding hydrogens is 389 g/mol. The van der Waals surface area contributed by atoms with Crippen LogP contribution in [0.25, 0.3) is 10.8 Å². The summed E-state index contributed by atoms with van der Waals surface area (Å²) >= 11 is 2.10. The molecule has 3 nitrogen and oxygen atoms in total. The van der Waals surface area contributed by atoms with Crippen LogP contribution in [0, 0.1) is 0 Å². The zero-order valence-corrected chi connectivity index (χ0v) is 15.9. The normalized spacial score (nSPS) is 15.0. The van der Waals surface area contributed by atoms with Gasteiger partial charge in [0, 0.05) is 5.39 Å². The standard InChI is InChI=1S/C18H25INO2/c1-14(2)20(3,4)12-18(19,21)13-22-17-11-7-9-15-8-5-6-10-16(15)17/h5-11,14,21H,12-13H2,1-4H3/q+1. The summed E-state index contributed by atoms with van der Waals surface area (Å²) in [4.78, 5) is 0. The van der Waals surface area contributed by atoms with E-state index in [4.69, 9.17) is 4.74 Å². The molecule has 2 aromatic carbocycles. The van der Waals surface area contributed by atoms with Crippen LogP contribution < -0.4 is 4.74 Å². The molecule has 4 heteroatoms. The number of hydrogen-bond acceptors (Lipinski definition) is 2. The molecule has 1 N–H and O–H groups in total. The zero-order valence-electron chi connectivity index (χ0n) is 13.7. The molecule has 0 bridgehead atoms. The fourth-order valence-electron chi connectivity index (χ4n) is 2.36. The lowest BCUT2D eigenvalue weighted by Crippen LogP contribution is -2.54. The average molecular weight is 414 g/mol. The van der Waals surface area contributed by atoms with E-state index in [2.05, 4.69) is 62.7 Å². The second-order valence-corrected chi connectivity index (χ2v) is 8.72. The fraction of sp³-hybridized carbons (Fsp3) is 0.444. The van der Waals surface area contributed by atoms with Gasteiger partial charge < -0.3 is 14.3 Å². The Morgan fingerprint density at radius 3 is 2.45 bits per heavy atom. The summed E-state index contributed by atoms with van der Waals surface area (Å²) in [5.41, 5.74) is 0. The number of rotatable bonds is 6. The molecule has 120 valence electrons. The lowest BCUT2D eigenvalue weighted by molar-refractivity contribution is -0.914. The first-order valence-electron chi connectivity index (χ1n) is 7.56. The fourth-order valence-corrected chi connectivity index (χ4v) is 3.40. The topological polar surface area (TPSA) is 29.5 Å². The number of halogens is 1. The van der Waals surface area contributed by atoms with Crippen molar-refractivity contribution in [2.75, 3.05) is 27.2 Å². The van der Waals surface area contributed by atoms with Crippen LogP contribution in [0.1, 0.15) is 13.8 Å². The molecule has 0 aliphatic rings. The van der Waals surface area contributed by atoms with E-state index in [0.29, 0.717) is 12.6 Å². The summed E-state index contributed by atoms with van der Waals surface area (Å²) in [6.45, 7) is 5.24.